The molecule has 1 saturated carbocycles. The lowest BCUT2D eigenvalue weighted by molar-refractivity contribution is -0.323. The predicted molar refractivity (Wildman–Crippen MR) is 65.2 cm³/mol. The van der Waals surface area contributed by atoms with E-state index in [1.54, 1.807) is 0 Å². The summed E-state index contributed by atoms with van der Waals surface area (Å²) >= 11 is 0. The smallest absolute Gasteiger partial charge is 0.314 e. The molecule has 0 aromatic carbocycles. The van der Waals surface area contributed by atoms with E-state index in [-0.39, 0.29) is 13.2 Å². The maximum atomic E-state index is 11.8. The largest absolute Gasteiger partial charge is 0.522 e. The van der Waals surface area contributed by atoms with E-state index < -0.39 is 6.36 Å². The number of alkyl halides is 3. The van der Waals surface area contributed by atoms with Gasteiger partial charge < -0.3 is 5.32 Å². The Kier molecular flexibility index (Phi) is 5.92. The average molecular weight is 267 g/mol. The topological polar surface area (TPSA) is 21.3 Å². The number of rotatable bonds is 7. The molecule has 1 rings (SSSR count). The van der Waals surface area contributed by atoms with Crippen molar-refractivity contribution in [1.82, 2.24) is 5.32 Å². The second-order valence-electron chi connectivity index (χ2n) is 5.78. The van der Waals surface area contributed by atoms with Crippen molar-refractivity contribution in [3.63, 3.8) is 0 Å². The zero-order chi connectivity index (χ0) is 13.6. The zero-order valence-corrected chi connectivity index (χ0v) is 11.3. The summed E-state index contributed by atoms with van der Waals surface area (Å²) in [6.45, 7) is 5.17. The highest BCUT2D eigenvalue weighted by Crippen LogP contribution is 2.42. The number of hydrogen-bond donors (Lipinski definition) is 1. The molecule has 0 amide bonds. The molecule has 0 unspecified atom stereocenters. The Hall–Kier alpha value is -0.290. The third-order valence-electron chi connectivity index (χ3n) is 3.55. The van der Waals surface area contributed by atoms with Crippen LogP contribution in [0.1, 0.15) is 46.0 Å². The molecule has 18 heavy (non-hydrogen) atoms. The predicted octanol–water partition coefficient (Wildman–Crippen LogP) is 3.72. The van der Waals surface area contributed by atoms with Crippen LogP contribution in [0.5, 0.6) is 0 Å². The van der Waals surface area contributed by atoms with Gasteiger partial charge in [-0.05, 0) is 30.6 Å². The molecule has 0 bridgehead atoms. The lowest BCUT2D eigenvalue weighted by atomic mass is 9.78. The van der Waals surface area contributed by atoms with Crippen LogP contribution in [-0.2, 0) is 4.74 Å². The van der Waals surface area contributed by atoms with Crippen LogP contribution < -0.4 is 5.32 Å². The number of nitrogens with one attached hydrogen (secondary N) is 1. The fourth-order valence-corrected chi connectivity index (χ4v) is 3.04. The quantitative estimate of drug-likeness (QED) is 0.710. The molecule has 1 aliphatic carbocycles. The van der Waals surface area contributed by atoms with Crippen molar-refractivity contribution in [2.45, 2.75) is 52.3 Å². The van der Waals surface area contributed by atoms with Crippen LogP contribution in [0.25, 0.3) is 0 Å². The highest BCUT2D eigenvalue weighted by atomic mass is 19.4. The lowest BCUT2D eigenvalue weighted by Gasteiger charge is -2.31. The van der Waals surface area contributed by atoms with Crippen LogP contribution >= 0.6 is 0 Å². The maximum absolute atomic E-state index is 11.8. The van der Waals surface area contributed by atoms with Crippen molar-refractivity contribution >= 4 is 0 Å². The number of halogens is 3. The minimum Gasteiger partial charge on any atom is -0.314 e. The van der Waals surface area contributed by atoms with Gasteiger partial charge in [0.05, 0.1) is 6.61 Å². The molecule has 1 fully saturated rings. The number of hydrogen-bond acceptors (Lipinski definition) is 2. The first-order chi connectivity index (χ1) is 8.33. The molecule has 1 aliphatic rings. The van der Waals surface area contributed by atoms with Crippen molar-refractivity contribution in [1.29, 1.82) is 0 Å². The summed E-state index contributed by atoms with van der Waals surface area (Å²) in [4.78, 5) is 0. The summed E-state index contributed by atoms with van der Waals surface area (Å²) in [6, 6.07) is 0. The Balaban J connectivity index is 2.22. The second kappa shape index (κ2) is 6.75. The van der Waals surface area contributed by atoms with Gasteiger partial charge in [-0.1, -0.05) is 26.7 Å². The summed E-state index contributed by atoms with van der Waals surface area (Å²) in [6.07, 6.45) is 1.52. The maximum Gasteiger partial charge on any atom is 0.522 e. The van der Waals surface area contributed by atoms with Crippen LogP contribution in [0.15, 0.2) is 0 Å². The van der Waals surface area contributed by atoms with Crippen molar-refractivity contribution in [3.05, 3.63) is 0 Å². The van der Waals surface area contributed by atoms with E-state index in [9.17, 15) is 13.2 Å². The first kappa shape index (κ1) is 15.8. The SMILES string of the molecule is CC(C)CC1(CNCCOC(F)(F)F)CCCC1. The Morgan fingerprint density at radius 2 is 1.83 bits per heavy atom. The van der Waals surface area contributed by atoms with E-state index in [0.717, 1.165) is 13.0 Å². The molecular weight excluding hydrogens is 243 g/mol. The van der Waals surface area contributed by atoms with Gasteiger partial charge in [0.1, 0.15) is 0 Å². The van der Waals surface area contributed by atoms with E-state index in [4.69, 9.17) is 0 Å². The zero-order valence-electron chi connectivity index (χ0n) is 11.3. The normalized spacial score (nSPS) is 19.7. The lowest BCUT2D eigenvalue weighted by Crippen LogP contribution is -2.35. The van der Waals surface area contributed by atoms with E-state index in [1.807, 2.05) is 0 Å². The molecule has 0 aromatic heterocycles. The van der Waals surface area contributed by atoms with Gasteiger partial charge >= 0.3 is 6.36 Å². The third-order valence-corrected chi connectivity index (χ3v) is 3.55. The minimum atomic E-state index is -4.51. The molecule has 2 nitrogen and oxygen atoms in total. The van der Waals surface area contributed by atoms with Gasteiger partial charge in [0.2, 0.25) is 0 Å². The Bertz CT molecular complexity index is 235. The van der Waals surface area contributed by atoms with Gasteiger partial charge in [0, 0.05) is 13.1 Å². The van der Waals surface area contributed by atoms with Crippen LogP contribution in [0, 0.1) is 11.3 Å². The molecule has 0 radical (unpaired) electrons. The fourth-order valence-electron chi connectivity index (χ4n) is 3.04. The van der Waals surface area contributed by atoms with Crippen LogP contribution in [0.3, 0.4) is 0 Å². The van der Waals surface area contributed by atoms with Gasteiger partial charge in [-0.15, -0.1) is 13.2 Å². The van der Waals surface area contributed by atoms with Gasteiger partial charge in [0.15, 0.2) is 0 Å². The summed E-state index contributed by atoms with van der Waals surface area (Å²) in [5.74, 6) is 0.635. The second-order valence-corrected chi connectivity index (χ2v) is 5.78. The van der Waals surface area contributed by atoms with Crippen molar-refractivity contribution in [2.24, 2.45) is 11.3 Å². The van der Waals surface area contributed by atoms with E-state index in [1.165, 1.54) is 25.7 Å². The number of ether oxygens (including phenoxy) is 1. The van der Waals surface area contributed by atoms with Crippen LogP contribution in [-0.4, -0.2) is 26.1 Å². The standard InChI is InChI=1S/C13H24F3NO/c1-11(2)9-12(5-3-4-6-12)10-17-7-8-18-13(14,15)16/h11,17H,3-10H2,1-2H3. The molecule has 1 N–H and O–H groups in total. The average Bonchev–Trinajstić information content (AvgIpc) is 2.63. The minimum absolute atomic E-state index is 0.263. The van der Waals surface area contributed by atoms with E-state index in [0.29, 0.717) is 11.3 Å². The fraction of sp³-hybridized carbons (Fsp3) is 1.00. The van der Waals surface area contributed by atoms with Crippen molar-refractivity contribution in [3.8, 4) is 0 Å². The molecule has 0 atom stereocenters. The summed E-state index contributed by atoms with van der Waals surface area (Å²) in [7, 11) is 0. The van der Waals surface area contributed by atoms with Gasteiger partial charge in [-0.25, -0.2) is 0 Å². The monoisotopic (exact) mass is 267 g/mol. The summed E-state index contributed by atoms with van der Waals surface area (Å²) in [5.41, 5.74) is 0.298. The van der Waals surface area contributed by atoms with Crippen molar-refractivity contribution < 1.29 is 17.9 Å². The molecule has 108 valence electrons. The van der Waals surface area contributed by atoms with Gasteiger partial charge in [-0.2, -0.15) is 0 Å². The molecule has 0 saturated heterocycles. The Morgan fingerprint density at radius 1 is 1.22 bits per heavy atom. The molecule has 0 heterocycles. The summed E-state index contributed by atoms with van der Waals surface area (Å²) in [5, 5.41) is 3.12. The van der Waals surface area contributed by atoms with Crippen LogP contribution in [0.4, 0.5) is 13.2 Å². The highest BCUT2D eigenvalue weighted by Gasteiger charge is 2.34. The van der Waals surface area contributed by atoms with Crippen LogP contribution in [0.2, 0.25) is 0 Å². The molecule has 5 heteroatoms. The highest BCUT2D eigenvalue weighted by molar-refractivity contribution is 4.87. The molecular formula is C13H24F3NO. The molecule has 0 aliphatic heterocycles. The third kappa shape index (κ3) is 6.05. The van der Waals surface area contributed by atoms with Crippen molar-refractivity contribution in [2.75, 3.05) is 19.7 Å². The Labute approximate surface area is 107 Å². The first-order valence-corrected chi connectivity index (χ1v) is 6.74. The van der Waals surface area contributed by atoms with E-state index in [2.05, 4.69) is 23.9 Å². The van der Waals surface area contributed by atoms with Gasteiger partial charge in [-0.3, -0.25) is 4.74 Å². The Morgan fingerprint density at radius 3 is 2.33 bits per heavy atom. The van der Waals surface area contributed by atoms with Gasteiger partial charge in [0.25, 0.3) is 0 Å². The molecule has 0 spiro atoms. The summed E-state index contributed by atoms with van der Waals surface area (Å²) < 4.78 is 39.1. The molecule has 0 aromatic rings. The van der Waals surface area contributed by atoms with E-state index >= 15 is 0 Å². The first-order valence-electron chi connectivity index (χ1n) is 6.74.